The highest BCUT2D eigenvalue weighted by Gasteiger charge is 2.13. The van der Waals surface area contributed by atoms with Crippen LogP contribution in [0.1, 0.15) is 37.7 Å². The van der Waals surface area contributed by atoms with Crippen molar-refractivity contribution >= 4 is 22.7 Å². The fraction of sp³-hybridized carbons (Fsp3) is 0.440. The van der Waals surface area contributed by atoms with E-state index in [-0.39, 0.29) is 0 Å². The predicted octanol–water partition coefficient (Wildman–Crippen LogP) is 5.08. The number of hydrogen-bond acceptors (Lipinski definition) is 5. The van der Waals surface area contributed by atoms with Gasteiger partial charge in [-0.3, -0.25) is 4.99 Å². The summed E-state index contributed by atoms with van der Waals surface area (Å²) in [5, 5.41) is 5.77. The topological polar surface area (TPSA) is 36.7 Å². The van der Waals surface area contributed by atoms with Crippen molar-refractivity contribution in [2.45, 2.75) is 44.7 Å². The first-order valence-corrected chi connectivity index (χ1v) is 12.0. The summed E-state index contributed by atoms with van der Waals surface area (Å²) in [7, 11) is 8.28. The van der Waals surface area contributed by atoms with Gasteiger partial charge in [0.2, 0.25) is 4.80 Å². The molecule has 0 atom stereocenters. The van der Waals surface area contributed by atoms with Crippen LogP contribution in [0.5, 0.6) is 0 Å². The van der Waals surface area contributed by atoms with Crippen molar-refractivity contribution < 1.29 is 0 Å². The van der Waals surface area contributed by atoms with E-state index in [1.54, 1.807) is 11.3 Å². The number of nitrogens with zero attached hydrogens (tertiary/aromatic N) is 5. The van der Waals surface area contributed by atoms with Crippen molar-refractivity contribution in [1.29, 1.82) is 0 Å². The van der Waals surface area contributed by atoms with Gasteiger partial charge in [0.25, 0.3) is 0 Å². The van der Waals surface area contributed by atoms with E-state index in [1.165, 1.54) is 49.0 Å². The Morgan fingerprint density at radius 2 is 1.58 bits per heavy atom. The summed E-state index contributed by atoms with van der Waals surface area (Å²) >= 11 is 1.69. The van der Waals surface area contributed by atoms with Crippen LogP contribution < -0.4 is 14.6 Å². The van der Waals surface area contributed by atoms with E-state index < -0.39 is 0 Å². The van der Waals surface area contributed by atoms with Gasteiger partial charge in [0.05, 0.1) is 6.04 Å². The number of benzene rings is 2. The minimum Gasteiger partial charge on any atom is -0.378 e. The molecule has 1 saturated carbocycles. The zero-order chi connectivity index (χ0) is 21.8. The van der Waals surface area contributed by atoms with Crippen LogP contribution in [0.15, 0.2) is 53.5 Å². The molecule has 3 aromatic rings. The van der Waals surface area contributed by atoms with Gasteiger partial charge in [-0.2, -0.15) is 5.10 Å². The third kappa shape index (κ3) is 5.37. The summed E-state index contributed by atoms with van der Waals surface area (Å²) < 4.78 is 1.94. The second-order valence-corrected chi connectivity index (χ2v) is 9.65. The minimum atomic E-state index is 0.469. The molecule has 4 rings (SSSR count). The Bertz CT molecular complexity index is 1040. The van der Waals surface area contributed by atoms with Crippen molar-refractivity contribution in [2.75, 3.05) is 30.9 Å². The Hall–Kier alpha value is -2.60. The van der Waals surface area contributed by atoms with Gasteiger partial charge in [-0.1, -0.05) is 42.7 Å². The van der Waals surface area contributed by atoms with Crippen LogP contribution in [0.3, 0.4) is 0 Å². The highest BCUT2D eigenvalue weighted by atomic mass is 32.1. The molecule has 31 heavy (non-hydrogen) atoms. The third-order valence-electron chi connectivity index (χ3n) is 6.00. The monoisotopic (exact) mass is 435 g/mol. The first kappa shape index (κ1) is 21.6. The lowest BCUT2D eigenvalue weighted by atomic mass is 9.96. The summed E-state index contributed by atoms with van der Waals surface area (Å²) in [4.78, 5) is 10.4. The predicted molar refractivity (Wildman–Crippen MR) is 132 cm³/mol. The summed E-state index contributed by atoms with van der Waals surface area (Å²) in [6.45, 7) is 0.879. The van der Waals surface area contributed by atoms with Crippen molar-refractivity contribution in [3.8, 4) is 10.6 Å². The number of rotatable bonds is 6. The van der Waals surface area contributed by atoms with Gasteiger partial charge >= 0.3 is 0 Å². The molecular weight excluding hydrogens is 402 g/mol. The van der Waals surface area contributed by atoms with Crippen LogP contribution in [-0.2, 0) is 13.6 Å². The van der Waals surface area contributed by atoms with Gasteiger partial charge < -0.3 is 9.80 Å². The van der Waals surface area contributed by atoms with Gasteiger partial charge in [0, 0.05) is 51.7 Å². The lowest BCUT2D eigenvalue weighted by Crippen LogP contribution is -2.18. The first-order chi connectivity index (χ1) is 15.0. The normalized spacial score (nSPS) is 15.3. The number of hydrogen-bond donors (Lipinski definition) is 0. The van der Waals surface area contributed by atoms with Gasteiger partial charge in [-0.15, -0.1) is 0 Å². The van der Waals surface area contributed by atoms with Crippen LogP contribution in [0, 0.1) is 0 Å². The Labute approximate surface area is 189 Å². The highest BCUT2D eigenvalue weighted by Crippen LogP contribution is 2.25. The van der Waals surface area contributed by atoms with E-state index in [0.717, 1.165) is 21.9 Å². The second kappa shape index (κ2) is 9.69. The number of aryl methyl sites for hydroxylation is 1. The van der Waals surface area contributed by atoms with Crippen LogP contribution in [0.4, 0.5) is 11.4 Å². The number of aromatic nitrogens is 2. The molecule has 5 nitrogen and oxygen atoms in total. The molecule has 164 valence electrons. The van der Waals surface area contributed by atoms with E-state index in [0.29, 0.717) is 6.04 Å². The first-order valence-electron chi connectivity index (χ1n) is 11.2. The Morgan fingerprint density at radius 3 is 2.23 bits per heavy atom. The van der Waals surface area contributed by atoms with Gasteiger partial charge in [0.15, 0.2) is 0 Å². The van der Waals surface area contributed by atoms with Gasteiger partial charge in [-0.25, -0.2) is 4.68 Å². The molecule has 0 spiro atoms. The van der Waals surface area contributed by atoms with Crippen molar-refractivity contribution in [3.63, 3.8) is 0 Å². The van der Waals surface area contributed by atoms with E-state index in [2.05, 4.69) is 79.5 Å². The molecule has 0 bridgehead atoms. The Morgan fingerprint density at radius 1 is 0.935 bits per heavy atom. The SMILES string of the molecule is CN(C)c1ccc(CN(C)c2ccc(-c3nn(C)c(=NC4CCCCC4)s3)cc2)cc1. The van der Waals surface area contributed by atoms with Crippen LogP contribution in [-0.4, -0.2) is 37.0 Å². The maximum atomic E-state index is 4.98. The maximum Gasteiger partial charge on any atom is 0.203 e. The molecule has 1 aromatic heterocycles. The lowest BCUT2D eigenvalue weighted by Gasteiger charge is -2.20. The largest absolute Gasteiger partial charge is 0.378 e. The molecule has 1 fully saturated rings. The standard InChI is InChI=1S/C25H33N5S/c1-28(2)22-14-10-19(11-15-22)18-29(3)23-16-12-20(13-17-23)24-27-30(4)25(31-24)26-21-8-6-5-7-9-21/h10-17,21H,5-9,18H2,1-4H3. The zero-order valence-corrected chi connectivity index (χ0v) is 19.9. The van der Waals surface area contributed by atoms with Crippen molar-refractivity contribution in [2.24, 2.45) is 12.0 Å². The van der Waals surface area contributed by atoms with E-state index in [4.69, 9.17) is 10.1 Å². The fourth-order valence-electron chi connectivity index (χ4n) is 4.07. The van der Waals surface area contributed by atoms with Gasteiger partial charge in [0.1, 0.15) is 5.01 Å². The van der Waals surface area contributed by atoms with Crippen LogP contribution >= 0.6 is 11.3 Å². The summed E-state index contributed by atoms with van der Waals surface area (Å²) in [6, 6.07) is 17.9. The maximum absolute atomic E-state index is 4.98. The molecular formula is C25H33N5S. The second-order valence-electron chi connectivity index (χ2n) is 8.70. The average molecular weight is 436 g/mol. The van der Waals surface area contributed by atoms with E-state index in [1.807, 2.05) is 11.7 Å². The van der Waals surface area contributed by atoms with Crippen molar-refractivity contribution in [1.82, 2.24) is 9.78 Å². The minimum absolute atomic E-state index is 0.469. The molecule has 0 aliphatic heterocycles. The molecule has 1 aliphatic carbocycles. The average Bonchev–Trinajstić information content (AvgIpc) is 3.15. The Kier molecular flexibility index (Phi) is 6.76. The van der Waals surface area contributed by atoms with Crippen molar-refractivity contribution in [3.05, 3.63) is 58.9 Å². The molecule has 0 saturated heterocycles. The smallest absolute Gasteiger partial charge is 0.203 e. The van der Waals surface area contributed by atoms with Crippen LogP contribution in [0.25, 0.3) is 10.6 Å². The molecule has 0 amide bonds. The zero-order valence-electron chi connectivity index (χ0n) is 19.1. The third-order valence-corrected chi connectivity index (χ3v) is 7.06. The fourth-order valence-corrected chi connectivity index (χ4v) is 5.03. The molecule has 0 unspecified atom stereocenters. The summed E-state index contributed by atoms with van der Waals surface area (Å²) in [5.41, 5.74) is 4.88. The molecule has 2 aromatic carbocycles. The number of anilines is 2. The lowest BCUT2D eigenvalue weighted by molar-refractivity contribution is 0.434. The van der Waals surface area contributed by atoms with E-state index >= 15 is 0 Å². The summed E-state index contributed by atoms with van der Waals surface area (Å²) in [5.74, 6) is 0. The highest BCUT2D eigenvalue weighted by molar-refractivity contribution is 7.12. The van der Waals surface area contributed by atoms with Crippen LogP contribution in [0.2, 0.25) is 0 Å². The Balaban J connectivity index is 1.45. The molecule has 0 N–H and O–H groups in total. The molecule has 0 radical (unpaired) electrons. The molecule has 6 heteroatoms. The van der Waals surface area contributed by atoms with E-state index in [9.17, 15) is 0 Å². The summed E-state index contributed by atoms with van der Waals surface area (Å²) in [6.07, 6.45) is 6.39. The quantitative estimate of drug-likeness (QED) is 0.541. The molecule has 1 heterocycles. The van der Waals surface area contributed by atoms with Gasteiger partial charge in [-0.05, 0) is 54.8 Å². The molecule has 1 aliphatic rings.